The van der Waals surface area contributed by atoms with Crippen LogP contribution < -0.4 is 5.73 Å². The third kappa shape index (κ3) is 3.93. The van der Waals surface area contributed by atoms with Gasteiger partial charge in [0.05, 0.1) is 12.2 Å². The molecule has 1 aromatic heterocycles. The van der Waals surface area contributed by atoms with E-state index in [1.807, 2.05) is 23.9 Å². The van der Waals surface area contributed by atoms with Crippen molar-refractivity contribution in [1.29, 1.82) is 0 Å². The molecule has 1 heterocycles. The molecule has 3 nitrogen and oxygen atoms in total. The van der Waals surface area contributed by atoms with Gasteiger partial charge in [0.15, 0.2) is 0 Å². The summed E-state index contributed by atoms with van der Waals surface area (Å²) in [5, 5.41) is 4.37. The molecule has 0 saturated heterocycles. The summed E-state index contributed by atoms with van der Waals surface area (Å²) in [6.07, 6.45) is 3.09. The second kappa shape index (κ2) is 6.02. The summed E-state index contributed by atoms with van der Waals surface area (Å²) in [5.41, 5.74) is 9.80. The quantitative estimate of drug-likeness (QED) is 0.894. The molecule has 0 fully saturated rings. The van der Waals surface area contributed by atoms with Crippen LogP contribution in [0.2, 0.25) is 0 Å². The Hall–Kier alpha value is -1.61. The van der Waals surface area contributed by atoms with Crippen molar-refractivity contribution in [3.63, 3.8) is 0 Å². The molecule has 0 aliphatic rings. The van der Waals surface area contributed by atoms with E-state index in [0.29, 0.717) is 5.92 Å². The fraction of sp³-hybridized carbons (Fsp3) is 0.438. The lowest BCUT2D eigenvalue weighted by atomic mass is 10.00. The molecule has 0 radical (unpaired) electrons. The Morgan fingerprint density at radius 3 is 2.37 bits per heavy atom. The Bertz CT molecular complexity index is 511. The highest BCUT2D eigenvalue weighted by atomic mass is 15.3. The minimum absolute atomic E-state index is 0.00704. The molecule has 0 amide bonds. The summed E-state index contributed by atoms with van der Waals surface area (Å²) >= 11 is 0. The van der Waals surface area contributed by atoms with Gasteiger partial charge >= 0.3 is 0 Å². The van der Waals surface area contributed by atoms with E-state index in [1.165, 1.54) is 11.1 Å². The molecule has 2 rings (SSSR count). The van der Waals surface area contributed by atoms with Gasteiger partial charge in [-0.3, -0.25) is 4.68 Å². The summed E-state index contributed by atoms with van der Waals surface area (Å²) in [6, 6.07) is 10.6. The molecule has 2 N–H and O–H groups in total. The SMILES string of the molecule is Cc1ccn(CC(N)c2ccc(CC(C)C)cc2)n1. The van der Waals surface area contributed by atoms with Crippen LogP contribution in [-0.4, -0.2) is 9.78 Å². The Balaban J connectivity index is 2.01. The number of hydrogen-bond donors (Lipinski definition) is 1. The maximum atomic E-state index is 6.23. The van der Waals surface area contributed by atoms with Gasteiger partial charge in [-0.15, -0.1) is 0 Å². The molecule has 1 unspecified atom stereocenters. The van der Waals surface area contributed by atoms with Crippen LogP contribution in [0.4, 0.5) is 0 Å². The molecular weight excluding hydrogens is 234 g/mol. The number of nitrogens with zero attached hydrogens (tertiary/aromatic N) is 2. The van der Waals surface area contributed by atoms with Crippen molar-refractivity contribution in [2.75, 3.05) is 0 Å². The zero-order valence-corrected chi connectivity index (χ0v) is 12.0. The van der Waals surface area contributed by atoms with E-state index in [9.17, 15) is 0 Å². The lowest BCUT2D eigenvalue weighted by Gasteiger charge is -2.13. The molecule has 2 aromatic rings. The highest BCUT2D eigenvalue weighted by molar-refractivity contribution is 5.25. The van der Waals surface area contributed by atoms with Gasteiger partial charge in [0.25, 0.3) is 0 Å². The van der Waals surface area contributed by atoms with Gasteiger partial charge in [0.2, 0.25) is 0 Å². The van der Waals surface area contributed by atoms with Gasteiger partial charge < -0.3 is 5.73 Å². The molecule has 0 aliphatic heterocycles. The largest absolute Gasteiger partial charge is 0.322 e. The fourth-order valence-electron chi connectivity index (χ4n) is 2.24. The van der Waals surface area contributed by atoms with Gasteiger partial charge in [-0.05, 0) is 36.5 Å². The maximum Gasteiger partial charge on any atom is 0.0602 e. The zero-order valence-electron chi connectivity index (χ0n) is 12.0. The highest BCUT2D eigenvalue weighted by Crippen LogP contribution is 2.15. The first-order chi connectivity index (χ1) is 9.04. The second-order valence-corrected chi connectivity index (χ2v) is 5.63. The molecule has 1 aromatic carbocycles. The van der Waals surface area contributed by atoms with Crippen LogP contribution >= 0.6 is 0 Å². The lowest BCUT2D eigenvalue weighted by molar-refractivity contribution is 0.525. The number of nitrogens with two attached hydrogens (primary N) is 1. The van der Waals surface area contributed by atoms with Crippen molar-refractivity contribution in [2.45, 2.75) is 39.8 Å². The first-order valence-corrected chi connectivity index (χ1v) is 6.89. The van der Waals surface area contributed by atoms with Crippen molar-refractivity contribution in [1.82, 2.24) is 9.78 Å². The standard InChI is InChI=1S/C16H23N3/c1-12(2)10-14-4-6-15(7-5-14)16(17)11-19-9-8-13(3)18-19/h4-9,12,16H,10-11,17H2,1-3H3. The summed E-state index contributed by atoms with van der Waals surface area (Å²) in [4.78, 5) is 0. The maximum absolute atomic E-state index is 6.23. The summed E-state index contributed by atoms with van der Waals surface area (Å²) in [7, 11) is 0. The van der Waals surface area contributed by atoms with E-state index in [-0.39, 0.29) is 6.04 Å². The Morgan fingerprint density at radius 2 is 1.84 bits per heavy atom. The van der Waals surface area contributed by atoms with Crippen LogP contribution in [-0.2, 0) is 13.0 Å². The zero-order chi connectivity index (χ0) is 13.8. The van der Waals surface area contributed by atoms with E-state index in [0.717, 1.165) is 18.7 Å². The van der Waals surface area contributed by atoms with Gasteiger partial charge in [-0.2, -0.15) is 5.10 Å². The fourth-order valence-corrected chi connectivity index (χ4v) is 2.24. The van der Waals surface area contributed by atoms with Crippen LogP contribution in [0.3, 0.4) is 0 Å². The molecular formula is C16H23N3. The van der Waals surface area contributed by atoms with Crippen molar-refractivity contribution in [3.8, 4) is 0 Å². The van der Waals surface area contributed by atoms with Crippen molar-refractivity contribution in [3.05, 3.63) is 53.3 Å². The van der Waals surface area contributed by atoms with E-state index in [2.05, 4.69) is 43.2 Å². The van der Waals surface area contributed by atoms with Gasteiger partial charge in [0, 0.05) is 12.2 Å². The third-order valence-electron chi connectivity index (χ3n) is 3.21. The van der Waals surface area contributed by atoms with Crippen LogP contribution in [0.25, 0.3) is 0 Å². The minimum Gasteiger partial charge on any atom is -0.322 e. The molecule has 0 aliphatic carbocycles. The number of rotatable bonds is 5. The third-order valence-corrected chi connectivity index (χ3v) is 3.21. The Labute approximate surface area is 115 Å². The van der Waals surface area contributed by atoms with Crippen LogP contribution in [0.5, 0.6) is 0 Å². The van der Waals surface area contributed by atoms with Crippen LogP contribution in [0, 0.1) is 12.8 Å². The van der Waals surface area contributed by atoms with Gasteiger partial charge in [-0.1, -0.05) is 38.1 Å². The molecule has 0 spiro atoms. The number of benzene rings is 1. The van der Waals surface area contributed by atoms with E-state index in [1.54, 1.807) is 0 Å². The highest BCUT2D eigenvalue weighted by Gasteiger charge is 2.08. The summed E-state index contributed by atoms with van der Waals surface area (Å²) < 4.78 is 1.90. The van der Waals surface area contributed by atoms with E-state index in [4.69, 9.17) is 5.73 Å². The van der Waals surface area contributed by atoms with Gasteiger partial charge in [-0.25, -0.2) is 0 Å². The summed E-state index contributed by atoms with van der Waals surface area (Å²) in [6.45, 7) is 7.18. The predicted molar refractivity (Wildman–Crippen MR) is 78.9 cm³/mol. The second-order valence-electron chi connectivity index (χ2n) is 5.63. The van der Waals surface area contributed by atoms with E-state index >= 15 is 0 Å². The molecule has 102 valence electrons. The lowest BCUT2D eigenvalue weighted by Crippen LogP contribution is -2.18. The van der Waals surface area contributed by atoms with Crippen molar-refractivity contribution >= 4 is 0 Å². The molecule has 0 bridgehead atoms. The van der Waals surface area contributed by atoms with Gasteiger partial charge in [0.1, 0.15) is 0 Å². The number of hydrogen-bond acceptors (Lipinski definition) is 2. The molecule has 0 saturated carbocycles. The van der Waals surface area contributed by atoms with E-state index < -0.39 is 0 Å². The molecule has 19 heavy (non-hydrogen) atoms. The first-order valence-electron chi connectivity index (χ1n) is 6.89. The number of aromatic nitrogens is 2. The smallest absolute Gasteiger partial charge is 0.0602 e. The number of aryl methyl sites for hydroxylation is 1. The minimum atomic E-state index is -0.00704. The molecule has 1 atom stereocenters. The van der Waals surface area contributed by atoms with Crippen molar-refractivity contribution in [2.24, 2.45) is 11.7 Å². The average molecular weight is 257 g/mol. The Morgan fingerprint density at radius 1 is 1.16 bits per heavy atom. The van der Waals surface area contributed by atoms with Crippen LogP contribution in [0.1, 0.15) is 36.7 Å². The topological polar surface area (TPSA) is 43.8 Å². The summed E-state index contributed by atoms with van der Waals surface area (Å²) in [5.74, 6) is 0.687. The van der Waals surface area contributed by atoms with Crippen LogP contribution in [0.15, 0.2) is 36.5 Å². The Kier molecular flexibility index (Phi) is 4.38. The van der Waals surface area contributed by atoms with Crippen molar-refractivity contribution < 1.29 is 0 Å². The molecule has 3 heteroatoms. The predicted octanol–water partition coefficient (Wildman–Crippen LogP) is 3.09. The monoisotopic (exact) mass is 257 g/mol. The average Bonchev–Trinajstić information content (AvgIpc) is 2.75. The normalized spacial score (nSPS) is 12.9. The first kappa shape index (κ1) is 13.8.